The van der Waals surface area contributed by atoms with E-state index in [2.05, 4.69) is 39.8 Å². The first-order valence-electron chi connectivity index (χ1n) is 6.12. The van der Waals surface area contributed by atoms with Gasteiger partial charge in [0.2, 0.25) is 0 Å². The number of rotatable bonds is 7. The highest BCUT2D eigenvalue weighted by Gasteiger charge is 2.15. The summed E-state index contributed by atoms with van der Waals surface area (Å²) in [5.74, 6) is 0. The van der Waals surface area contributed by atoms with Gasteiger partial charge in [-0.05, 0) is 42.2 Å². The number of nitrogens with one attached hydrogen (secondary N) is 1. The Morgan fingerprint density at radius 1 is 1.59 bits per heavy atom. The highest BCUT2D eigenvalue weighted by Crippen LogP contribution is 2.22. The van der Waals surface area contributed by atoms with E-state index >= 15 is 0 Å². The summed E-state index contributed by atoms with van der Waals surface area (Å²) in [6, 6.07) is 0.443. The molecule has 1 aromatic heterocycles. The molecule has 0 radical (unpaired) electrons. The highest BCUT2D eigenvalue weighted by molar-refractivity contribution is 9.10. The molecule has 0 aliphatic heterocycles. The Kier molecular flexibility index (Phi) is 5.92. The summed E-state index contributed by atoms with van der Waals surface area (Å²) in [4.78, 5) is 0. The van der Waals surface area contributed by atoms with Crippen LogP contribution in [-0.4, -0.2) is 22.4 Å². The summed E-state index contributed by atoms with van der Waals surface area (Å²) in [6.07, 6.45) is 5.09. The first-order chi connectivity index (χ1) is 8.10. The van der Waals surface area contributed by atoms with Gasteiger partial charge in [0, 0.05) is 19.5 Å². The summed E-state index contributed by atoms with van der Waals surface area (Å²) < 4.78 is 3.09. The SMILES string of the molecule is C=CCC(Cc1c(Br)c(C)nn1C)NCCC. The van der Waals surface area contributed by atoms with E-state index in [1.54, 1.807) is 0 Å². The quantitative estimate of drug-likeness (QED) is 0.785. The molecular weight excluding hydrogens is 278 g/mol. The van der Waals surface area contributed by atoms with E-state index < -0.39 is 0 Å². The lowest BCUT2D eigenvalue weighted by Crippen LogP contribution is -2.32. The van der Waals surface area contributed by atoms with Crippen LogP contribution >= 0.6 is 15.9 Å². The fourth-order valence-electron chi connectivity index (χ4n) is 1.92. The maximum atomic E-state index is 4.42. The summed E-state index contributed by atoms with van der Waals surface area (Å²) in [6.45, 7) is 9.08. The number of halogens is 1. The number of hydrogen-bond acceptors (Lipinski definition) is 2. The summed E-state index contributed by atoms with van der Waals surface area (Å²) in [5.41, 5.74) is 2.30. The van der Waals surface area contributed by atoms with Crippen LogP contribution in [0.15, 0.2) is 17.1 Å². The van der Waals surface area contributed by atoms with Gasteiger partial charge >= 0.3 is 0 Å². The molecule has 0 aromatic carbocycles. The molecule has 0 aliphatic carbocycles. The standard InChI is InChI=1S/C13H22BrN3/c1-5-7-11(15-8-6-2)9-12-13(14)10(3)16-17(12)4/h5,11,15H,1,6-9H2,2-4H3. The predicted octanol–water partition coefficient (Wildman–Crippen LogP) is 2.98. The van der Waals surface area contributed by atoms with Crippen LogP contribution in [0.5, 0.6) is 0 Å². The molecular formula is C13H22BrN3. The van der Waals surface area contributed by atoms with Crippen molar-refractivity contribution in [2.75, 3.05) is 6.54 Å². The van der Waals surface area contributed by atoms with Crippen LogP contribution < -0.4 is 5.32 Å². The molecule has 0 bridgehead atoms. The Bertz CT molecular complexity index is 371. The first-order valence-corrected chi connectivity index (χ1v) is 6.91. The molecule has 0 amide bonds. The van der Waals surface area contributed by atoms with Crippen LogP contribution in [0.4, 0.5) is 0 Å². The Morgan fingerprint density at radius 3 is 2.76 bits per heavy atom. The van der Waals surface area contributed by atoms with E-state index in [1.165, 1.54) is 5.69 Å². The molecule has 0 saturated carbocycles. The topological polar surface area (TPSA) is 29.9 Å². The molecule has 1 rings (SSSR count). The Balaban J connectivity index is 2.74. The second-order valence-electron chi connectivity index (χ2n) is 4.35. The summed E-state index contributed by atoms with van der Waals surface area (Å²) in [7, 11) is 2.00. The van der Waals surface area contributed by atoms with Crippen molar-refractivity contribution in [2.45, 2.75) is 39.2 Å². The van der Waals surface area contributed by atoms with E-state index in [-0.39, 0.29) is 0 Å². The van der Waals surface area contributed by atoms with Crippen molar-refractivity contribution < 1.29 is 0 Å². The second kappa shape index (κ2) is 6.97. The third kappa shape index (κ3) is 3.96. The van der Waals surface area contributed by atoms with Gasteiger partial charge in [-0.3, -0.25) is 4.68 Å². The van der Waals surface area contributed by atoms with Crippen LogP contribution in [0.3, 0.4) is 0 Å². The van der Waals surface area contributed by atoms with Gasteiger partial charge in [0.05, 0.1) is 15.9 Å². The van der Waals surface area contributed by atoms with Crippen molar-refractivity contribution in [2.24, 2.45) is 7.05 Å². The lowest BCUT2D eigenvalue weighted by Gasteiger charge is -2.17. The summed E-state index contributed by atoms with van der Waals surface area (Å²) >= 11 is 3.61. The summed E-state index contributed by atoms with van der Waals surface area (Å²) in [5, 5.41) is 7.97. The maximum absolute atomic E-state index is 4.42. The van der Waals surface area contributed by atoms with Crippen molar-refractivity contribution in [3.63, 3.8) is 0 Å². The van der Waals surface area contributed by atoms with Crippen LogP contribution in [-0.2, 0) is 13.5 Å². The number of hydrogen-bond donors (Lipinski definition) is 1. The average Bonchev–Trinajstić information content (AvgIpc) is 2.53. The van der Waals surface area contributed by atoms with Crippen LogP contribution in [0.2, 0.25) is 0 Å². The first kappa shape index (κ1) is 14.5. The fraction of sp³-hybridized carbons (Fsp3) is 0.615. The van der Waals surface area contributed by atoms with E-state index in [0.29, 0.717) is 6.04 Å². The zero-order valence-corrected chi connectivity index (χ0v) is 12.5. The predicted molar refractivity (Wildman–Crippen MR) is 76.2 cm³/mol. The van der Waals surface area contributed by atoms with Gasteiger partial charge in [-0.2, -0.15) is 5.10 Å². The molecule has 0 aliphatic rings. The van der Waals surface area contributed by atoms with E-state index in [4.69, 9.17) is 0 Å². The Morgan fingerprint density at radius 2 is 2.29 bits per heavy atom. The molecule has 1 N–H and O–H groups in total. The minimum absolute atomic E-state index is 0.443. The van der Waals surface area contributed by atoms with Gasteiger partial charge in [0.25, 0.3) is 0 Å². The minimum Gasteiger partial charge on any atom is -0.313 e. The highest BCUT2D eigenvalue weighted by atomic mass is 79.9. The minimum atomic E-state index is 0.443. The Labute approximate surface area is 112 Å². The van der Waals surface area contributed by atoms with Crippen molar-refractivity contribution in [3.05, 3.63) is 28.5 Å². The normalized spacial score (nSPS) is 12.7. The van der Waals surface area contributed by atoms with E-state index in [1.807, 2.05) is 24.7 Å². The van der Waals surface area contributed by atoms with Crippen LogP contribution in [0, 0.1) is 6.92 Å². The third-order valence-electron chi connectivity index (χ3n) is 2.84. The molecule has 0 fully saturated rings. The molecule has 1 heterocycles. The Hall–Kier alpha value is -0.610. The van der Waals surface area contributed by atoms with Crippen molar-refractivity contribution in [1.29, 1.82) is 0 Å². The smallest absolute Gasteiger partial charge is 0.0738 e. The van der Waals surface area contributed by atoms with Gasteiger partial charge in [-0.15, -0.1) is 6.58 Å². The van der Waals surface area contributed by atoms with Crippen LogP contribution in [0.1, 0.15) is 31.2 Å². The largest absolute Gasteiger partial charge is 0.313 e. The molecule has 1 atom stereocenters. The van der Waals surface area contributed by atoms with Crippen LogP contribution in [0.25, 0.3) is 0 Å². The average molecular weight is 300 g/mol. The van der Waals surface area contributed by atoms with Crippen molar-refractivity contribution in [3.8, 4) is 0 Å². The van der Waals surface area contributed by atoms with Crippen molar-refractivity contribution in [1.82, 2.24) is 15.1 Å². The molecule has 3 nitrogen and oxygen atoms in total. The van der Waals surface area contributed by atoms with Gasteiger partial charge < -0.3 is 5.32 Å². The number of nitrogens with zero attached hydrogens (tertiary/aromatic N) is 2. The fourth-order valence-corrected chi connectivity index (χ4v) is 2.42. The zero-order valence-electron chi connectivity index (χ0n) is 11.0. The number of aryl methyl sites for hydroxylation is 2. The second-order valence-corrected chi connectivity index (χ2v) is 5.14. The zero-order chi connectivity index (χ0) is 12.8. The lowest BCUT2D eigenvalue weighted by atomic mass is 10.1. The molecule has 17 heavy (non-hydrogen) atoms. The molecule has 0 spiro atoms. The maximum Gasteiger partial charge on any atom is 0.0738 e. The molecule has 1 unspecified atom stereocenters. The molecule has 96 valence electrons. The van der Waals surface area contributed by atoms with Gasteiger partial charge in [0.15, 0.2) is 0 Å². The molecule has 4 heteroatoms. The van der Waals surface area contributed by atoms with E-state index in [0.717, 1.165) is 36.0 Å². The monoisotopic (exact) mass is 299 g/mol. The van der Waals surface area contributed by atoms with E-state index in [9.17, 15) is 0 Å². The molecule has 0 saturated heterocycles. The molecule has 1 aromatic rings. The lowest BCUT2D eigenvalue weighted by molar-refractivity contribution is 0.496. The van der Waals surface area contributed by atoms with Gasteiger partial charge in [-0.1, -0.05) is 13.0 Å². The number of aromatic nitrogens is 2. The van der Waals surface area contributed by atoms with Gasteiger partial charge in [0.1, 0.15) is 0 Å². The van der Waals surface area contributed by atoms with Gasteiger partial charge in [-0.25, -0.2) is 0 Å². The van der Waals surface area contributed by atoms with Crippen molar-refractivity contribution >= 4 is 15.9 Å². The third-order valence-corrected chi connectivity index (χ3v) is 3.87.